The normalized spacial score (nSPS) is 39.4. The summed E-state index contributed by atoms with van der Waals surface area (Å²) in [7, 11) is 5.75. The molecular formula is C53H77NO16Y-2. The van der Waals surface area contributed by atoms with Gasteiger partial charge in [-0.05, 0) is 101 Å². The van der Waals surface area contributed by atoms with Gasteiger partial charge in [-0.2, -0.15) is 0 Å². The molecule has 0 aromatic heterocycles. The van der Waals surface area contributed by atoms with Crippen molar-refractivity contribution in [3.63, 3.8) is 0 Å². The molecule has 1 aliphatic carbocycles. The zero-order valence-corrected chi connectivity index (χ0v) is 46.1. The van der Waals surface area contributed by atoms with Crippen molar-refractivity contribution in [3.05, 3.63) is 47.6 Å². The summed E-state index contributed by atoms with van der Waals surface area (Å²) >= 11 is 0. The number of esters is 1. The number of ether oxygens (including phenoxy) is 7. The standard InChI is InChI=1S/C51H74NO14.C2H3O2.Y/c1-29-14-11-10-12-15-30(2)41(61-7)26-36-19-17-34(6)51(60,66-36)48(57)49(58)52-21-13-16-37-38(24-35-18-20-40(64-28-53)43(25-35)62-8)42(65-50(59)44(37)52)27-39(54)31(3)23-33(5)46(56)47(63-9)45(55)32(4)22-29;1-4-2-3;/h10-12,14-15,23,29,31-32,34-38,40-44,46-47,56,60H,13,16-22,24-27H2,1-9H3;1H3;/q2*-1;/b12-10+,14-11+,30-15+,33-23+;;/t29-,31-,32-,34-,35+,36+,37?,38+,40-,41+,42+,43-,44+,46-,47+,51-;;/m1../s1. The van der Waals surface area contributed by atoms with Gasteiger partial charge in [0.05, 0.1) is 24.4 Å². The first-order valence-electron chi connectivity index (χ1n) is 24.7. The van der Waals surface area contributed by atoms with Crippen LogP contribution in [0.1, 0.15) is 112 Å². The van der Waals surface area contributed by atoms with Crippen LogP contribution in [0.15, 0.2) is 47.6 Å². The molecule has 3 saturated heterocycles. The number of ketones is 3. The number of amides is 1. The number of aliphatic hydroxyl groups excluding tert-OH is 1. The quantitative estimate of drug-likeness (QED) is 0.105. The van der Waals surface area contributed by atoms with Crippen molar-refractivity contribution in [2.45, 2.75) is 167 Å². The first-order chi connectivity index (χ1) is 33.3. The van der Waals surface area contributed by atoms with Crippen LogP contribution >= 0.6 is 0 Å². The molecule has 0 spiro atoms. The van der Waals surface area contributed by atoms with E-state index in [0.717, 1.165) is 5.57 Å². The molecule has 18 heteroatoms. The Labute approximate surface area is 445 Å². The molecule has 0 aromatic rings. The largest absolute Gasteiger partial charge is 0.655 e. The van der Waals surface area contributed by atoms with Gasteiger partial charge in [-0.1, -0.05) is 77.1 Å². The Bertz CT molecular complexity index is 1940. The van der Waals surface area contributed by atoms with Crippen molar-refractivity contribution in [2.75, 3.05) is 35.0 Å². The Balaban J connectivity index is 0.00000256. The van der Waals surface area contributed by atoms with E-state index in [1.54, 1.807) is 41.1 Å². The number of carbonyl (C=O) groups is 5. The second-order valence-corrected chi connectivity index (χ2v) is 20.0. The predicted molar refractivity (Wildman–Crippen MR) is 256 cm³/mol. The van der Waals surface area contributed by atoms with Crippen LogP contribution in [0.3, 0.4) is 0 Å². The molecule has 1 amide bonds. The van der Waals surface area contributed by atoms with Gasteiger partial charge in [0.25, 0.3) is 11.7 Å². The van der Waals surface area contributed by atoms with Gasteiger partial charge in [0, 0.05) is 104 Å². The molecule has 395 valence electrons. The van der Waals surface area contributed by atoms with Crippen molar-refractivity contribution in [2.24, 2.45) is 41.4 Å². The topological polar surface area (TPSA) is 228 Å². The molecule has 4 heterocycles. The maximum atomic E-state index is 14.5. The number of hydrogen-bond acceptors (Lipinski definition) is 16. The molecule has 1 radical (unpaired) electrons. The van der Waals surface area contributed by atoms with Crippen molar-refractivity contribution in [1.82, 2.24) is 4.90 Å². The fraction of sp³-hybridized carbons (Fsp3) is 0.717. The Morgan fingerprint density at radius 3 is 2.17 bits per heavy atom. The molecule has 17 nitrogen and oxygen atoms in total. The van der Waals surface area contributed by atoms with E-state index in [2.05, 4.69) is 4.74 Å². The van der Waals surface area contributed by atoms with Gasteiger partial charge in [0.2, 0.25) is 5.79 Å². The molecule has 4 fully saturated rings. The summed E-state index contributed by atoms with van der Waals surface area (Å²) in [5.74, 6) is -8.70. The summed E-state index contributed by atoms with van der Waals surface area (Å²) < 4.78 is 38.5. The molecule has 2 N–H and O–H groups in total. The molecule has 6 bridgehead atoms. The van der Waals surface area contributed by atoms with E-state index >= 15 is 0 Å². The van der Waals surface area contributed by atoms with Gasteiger partial charge < -0.3 is 57.9 Å². The summed E-state index contributed by atoms with van der Waals surface area (Å²) in [4.78, 5) is 92.2. The summed E-state index contributed by atoms with van der Waals surface area (Å²) in [6.45, 7) is 13.5. The van der Waals surface area contributed by atoms with E-state index in [0.29, 0.717) is 69.8 Å². The molecule has 1 unspecified atom stereocenters. The van der Waals surface area contributed by atoms with Crippen molar-refractivity contribution in [3.8, 4) is 0 Å². The van der Waals surface area contributed by atoms with Crippen LogP contribution < -0.4 is 0 Å². The number of nitrogens with zero attached hydrogens (tertiary/aromatic N) is 1. The first-order valence-corrected chi connectivity index (χ1v) is 24.7. The SMILES string of the molecule is CO[C-]=O.CO[C@H]1C[C@@H]2CC[C@@H](C)[C@@](O)(O2)C(=O)C(=O)N2CCCC3[C@H]2C(=O)O[C@@H](CC(=O)[C@H](C)/C=C(\C)[C@@H](O)[C@@H](OC)C(=O)[C@H](C)C[C@H](C)/C=C/C=C/C=C/1C)[C@H]3C[C@@H]1CC[C@@H](O[C-]=O)[C@H](OC)C1.[Y]. The van der Waals surface area contributed by atoms with E-state index in [9.17, 15) is 39.0 Å². The fourth-order valence-electron chi connectivity index (χ4n) is 11.1. The van der Waals surface area contributed by atoms with E-state index in [1.165, 1.54) is 32.1 Å². The van der Waals surface area contributed by atoms with Gasteiger partial charge in [-0.25, -0.2) is 4.79 Å². The van der Waals surface area contributed by atoms with Crippen LogP contribution in [0.2, 0.25) is 0 Å². The minimum atomic E-state index is -2.45. The van der Waals surface area contributed by atoms with E-state index < -0.39 is 102 Å². The molecule has 4 aliphatic heterocycles. The Kier molecular flexibility index (Phi) is 25.8. The molecule has 16 atom stereocenters. The number of rotatable bonds is 8. The molecule has 5 rings (SSSR count). The van der Waals surface area contributed by atoms with E-state index in [-0.39, 0.29) is 69.1 Å². The average Bonchev–Trinajstić information content (AvgIpc) is 3.34. The molecular weight excluding hydrogens is 995 g/mol. The number of fused-ring (bicyclic) bond motifs is 3. The fourth-order valence-corrected chi connectivity index (χ4v) is 11.1. The maximum absolute atomic E-state index is 14.5. The first kappa shape index (κ1) is 62.0. The number of Topliss-reactive ketones (excluding diaryl/α,β-unsaturated/α-hetero) is 3. The number of piperidine rings is 1. The van der Waals surface area contributed by atoms with Gasteiger partial charge in [0.1, 0.15) is 30.1 Å². The van der Waals surface area contributed by atoms with Gasteiger partial charge in [-0.15, -0.1) is 0 Å². The summed E-state index contributed by atoms with van der Waals surface area (Å²) in [5.41, 5.74) is 1.26. The third kappa shape index (κ3) is 16.1. The number of allylic oxidation sites excluding steroid dienone is 6. The van der Waals surface area contributed by atoms with Crippen LogP contribution in [0.25, 0.3) is 0 Å². The Hall–Kier alpha value is -3.29. The van der Waals surface area contributed by atoms with Crippen molar-refractivity contribution < 1.29 is 110 Å². The third-order valence-corrected chi connectivity index (χ3v) is 15.2. The van der Waals surface area contributed by atoms with E-state index in [4.69, 9.17) is 33.2 Å². The minimum Gasteiger partial charge on any atom is -0.655 e. The zero-order valence-electron chi connectivity index (χ0n) is 43.2. The summed E-state index contributed by atoms with van der Waals surface area (Å²) in [6.07, 6.45) is 10.6. The second kappa shape index (κ2) is 29.6. The minimum absolute atomic E-state index is 0. The van der Waals surface area contributed by atoms with Gasteiger partial charge >= 0.3 is 5.97 Å². The number of methoxy groups -OCH3 is 4. The zero-order chi connectivity index (χ0) is 51.9. The van der Waals surface area contributed by atoms with Crippen LogP contribution in [-0.4, -0.2) is 147 Å². The number of carbonyl (C=O) groups excluding carboxylic acids is 7. The van der Waals surface area contributed by atoms with E-state index in [1.807, 2.05) is 51.2 Å². The molecule has 1 saturated carbocycles. The monoisotopic (exact) mass is 1070 g/mol. The Morgan fingerprint density at radius 2 is 1.54 bits per heavy atom. The van der Waals surface area contributed by atoms with Gasteiger partial charge in [0.15, 0.2) is 5.78 Å². The van der Waals surface area contributed by atoms with Crippen LogP contribution in [0.5, 0.6) is 0 Å². The van der Waals surface area contributed by atoms with Crippen LogP contribution in [0, 0.1) is 41.4 Å². The smallest absolute Gasteiger partial charge is 0.329 e. The van der Waals surface area contributed by atoms with Crippen LogP contribution in [0.4, 0.5) is 0 Å². The van der Waals surface area contributed by atoms with Crippen molar-refractivity contribution in [1.29, 1.82) is 0 Å². The third-order valence-electron chi connectivity index (χ3n) is 15.2. The number of hydrogen-bond donors (Lipinski definition) is 2. The number of aliphatic hydroxyl groups is 2. The van der Waals surface area contributed by atoms with Crippen LogP contribution in [-0.2, 0) is 99.4 Å². The molecule has 0 aromatic carbocycles. The Morgan fingerprint density at radius 1 is 0.831 bits per heavy atom. The molecule has 71 heavy (non-hydrogen) atoms. The second-order valence-electron chi connectivity index (χ2n) is 20.0. The average molecular weight is 1070 g/mol. The summed E-state index contributed by atoms with van der Waals surface area (Å²) in [6, 6.07) is -1.15. The van der Waals surface area contributed by atoms with Gasteiger partial charge in [-0.3, -0.25) is 19.2 Å². The van der Waals surface area contributed by atoms with Crippen molar-refractivity contribution >= 4 is 42.2 Å². The summed E-state index contributed by atoms with van der Waals surface area (Å²) in [5, 5.41) is 23.5. The molecule has 5 aliphatic rings. The predicted octanol–water partition coefficient (Wildman–Crippen LogP) is 5.19. The maximum Gasteiger partial charge on any atom is 0.329 e.